The third kappa shape index (κ3) is 5.83. The topological polar surface area (TPSA) is 84.9 Å². The lowest BCUT2D eigenvalue weighted by atomic mass is 9.84. The van der Waals surface area contributed by atoms with Gasteiger partial charge in [-0.15, -0.1) is 0 Å². The summed E-state index contributed by atoms with van der Waals surface area (Å²) in [6.07, 6.45) is -4.78. The monoisotopic (exact) mass is 527 g/mol. The van der Waals surface area contributed by atoms with Crippen LogP contribution in [0.4, 0.5) is 18.9 Å². The molecule has 9 heteroatoms. The van der Waals surface area contributed by atoms with Crippen LogP contribution in [0.25, 0.3) is 22.3 Å². The fourth-order valence-electron chi connectivity index (χ4n) is 4.61. The maximum absolute atomic E-state index is 14.4. The lowest BCUT2D eigenvalue weighted by Crippen LogP contribution is -2.29. The number of ether oxygens (including phenoxy) is 2. The zero-order valence-electron chi connectivity index (χ0n) is 21.2. The Morgan fingerprint density at radius 3 is 2.34 bits per heavy atom. The number of benzene rings is 3. The summed E-state index contributed by atoms with van der Waals surface area (Å²) >= 11 is 0. The van der Waals surface area contributed by atoms with Crippen LogP contribution in [0.2, 0.25) is 0 Å². The summed E-state index contributed by atoms with van der Waals surface area (Å²) in [5.41, 5.74) is 0.201. The lowest BCUT2D eigenvalue weighted by molar-refractivity contribution is -0.163. The van der Waals surface area contributed by atoms with Crippen LogP contribution in [0.3, 0.4) is 0 Å². The number of rotatable bonds is 7. The van der Waals surface area contributed by atoms with Crippen LogP contribution in [0.15, 0.2) is 54.6 Å². The molecule has 0 spiro atoms. The van der Waals surface area contributed by atoms with Gasteiger partial charge in [-0.2, -0.15) is 13.2 Å². The molecule has 1 unspecified atom stereocenters. The summed E-state index contributed by atoms with van der Waals surface area (Å²) in [4.78, 5) is 23.3. The molecule has 4 rings (SSSR count). The van der Waals surface area contributed by atoms with Gasteiger partial charge in [-0.05, 0) is 91.8 Å². The predicted molar refractivity (Wildman–Crippen MR) is 137 cm³/mol. The normalized spacial score (nSPS) is 14.3. The van der Waals surface area contributed by atoms with Gasteiger partial charge in [0.25, 0.3) is 0 Å². The Bertz CT molecular complexity index is 1340. The number of anilines is 1. The predicted octanol–water partition coefficient (Wildman–Crippen LogP) is 6.87. The first kappa shape index (κ1) is 27.2. The molecule has 2 N–H and O–H groups in total. The summed E-state index contributed by atoms with van der Waals surface area (Å²) in [6.45, 7) is 5.33. The fourth-order valence-corrected chi connectivity index (χ4v) is 4.61. The average Bonchev–Trinajstić information content (AvgIpc) is 2.85. The van der Waals surface area contributed by atoms with E-state index in [-0.39, 0.29) is 5.56 Å². The van der Waals surface area contributed by atoms with Gasteiger partial charge in [0.2, 0.25) is 6.41 Å². The van der Waals surface area contributed by atoms with E-state index in [2.05, 4.69) is 5.32 Å². The minimum atomic E-state index is -4.84. The van der Waals surface area contributed by atoms with E-state index in [4.69, 9.17) is 9.47 Å². The smallest absolute Gasteiger partial charge is 0.416 e. The van der Waals surface area contributed by atoms with Crippen molar-refractivity contribution in [1.82, 2.24) is 0 Å². The first-order chi connectivity index (χ1) is 17.9. The quantitative estimate of drug-likeness (QED) is 0.328. The number of nitrogens with one attached hydrogen (secondary N) is 1. The van der Waals surface area contributed by atoms with Gasteiger partial charge >= 0.3 is 12.1 Å². The average molecular weight is 528 g/mol. The van der Waals surface area contributed by atoms with Crippen LogP contribution in [0, 0.1) is 0 Å². The molecule has 1 aliphatic rings. The highest BCUT2D eigenvalue weighted by Gasteiger charge is 2.41. The minimum Gasteiger partial charge on any atom is -0.493 e. The first-order valence-electron chi connectivity index (χ1n) is 12.1. The molecule has 200 valence electrons. The lowest BCUT2D eigenvalue weighted by Gasteiger charge is -2.30. The van der Waals surface area contributed by atoms with E-state index in [9.17, 15) is 27.9 Å². The molecule has 6 nitrogen and oxygen atoms in total. The maximum atomic E-state index is 14.4. The van der Waals surface area contributed by atoms with Crippen LogP contribution in [0.1, 0.15) is 50.0 Å². The second-order valence-corrected chi connectivity index (χ2v) is 10.0. The van der Waals surface area contributed by atoms with Crippen molar-refractivity contribution in [2.45, 2.75) is 51.5 Å². The molecule has 1 aliphatic heterocycles. The molecule has 3 aromatic rings. The number of hydrogen-bond acceptors (Lipinski definition) is 4. The van der Waals surface area contributed by atoms with Crippen molar-refractivity contribution in [3.63, 3.8) is 0 Å². The number of halogens is 3. The Morgan fingerprint density at radius 1 is 1.05 bits per heavy atom. The Kier molecular flexibility index (Phi) is 7.51. The van der Waals surface area contributed by atoms with Gasteiger partial charge in [0.05, 0.1) is 17.8 Å². The molecular formula is C29H28F3NO5. The van der Waals surface area contributed by atoms with E-state index >= 15 is 0 Å². The van der Waals surface area contributed by atoms with Crippen LogP contribution >= 0.6 is 0 Å². The molecular weight excluding hydrogens is 499 g/mol. The molecule has 1 heterocycles. The van der Waals surface area contributed by atoms with Gasteiger partial charge in [-0.3, -0.25) is 4.79 Å². The molecule has 38 heavy (non-hydrogen) atoms. The van der Waals surface area contributed by atoms with Gasteiger partial charge < -0.3 is 19.9 Å². The van der Waals surface area contributed by atoms with Gasteiger partial charge in [-0.1, -0.05) is 24.3 Å². The molecule has 0 radical (unpaired) electrons. The number of carbonyl (C=O) groups is 2. The number of amides is 1. The molecule has 0 saturated carbocycles. The van der Waals surface area contributed by atoms with Gasteiger partial charge in [-0.25, -0.2) is 4.79 Å². The molecule has 0 aliphatic carbocycles. The summed E-state index contributed by atoms with van der Waals surface area (Å²) < 4.78 is 54.8. The third-order valence-corrected chi connectivity index (χ3v) is 6.13. The Balaban J connectivity index is 2.07. The molecule has 0 bridgehead atoms. The van der Waals surface area contributed by atoms with Crippen molar-refractivity contribution in [2.24, 2.45) is 0 Å². The van der Waals surface area contributed by atoms with Crippen molar-refractivity contribution in [3.8, 4) is 28.0 Å². The highest BCUT2D eigenvalue weighted by Crippen LogP contribution is 2.47. The van der Waals surface area contributed by atoms with E-state index in [0.29, 0.717) is 47.6 Å². The van der Waals surface area contributed by atoms with Gasteiger partial charge in [0, 0.05) is 11.3 Å². The zero-order valence-corrected chi connectivity index (χ0v) is 21.2. The van der Waals surface area contributed by atoms with Crippen molar-refractivity contribution in [3.05, 3.63) is 71.3 Å². The van der Waals surface area contributed by atoms with E-state index in [1.54, 1.807) is 63.2 Å². The standard InChI is InChI=1S/C29H28F3NO5/c1-28(2,3)38-26(27(35)36)25-22(29(30,31)32)12-11-21(17-6-9-20(10-7-17)33-16-34)24(25)19-8-13-23-18(15-19)5-4-14-37-23/h6-13,15-16,26H,4-5,14H2,1-3H3,(H,33,34)(H,35,36). The number of carboxylic acid groups (broad SMARTS) is 1. The summed E-state index contributed by atoms with van der Waals surface area (Å²) in [5, 5.41) is 12.7. The number of fused-ring (bicyclic) bond motifs is 1. The van der Waals surface area contributed by atoms with Crippen molar-refractivity contribution >= 4 is 18.1 Å². The Hall–Kier alpha value is -3.85. The summed E-state index contributed by atoms with van der Waals surface area (Å²) in [5.74, 6) is -0.879. The molecule has 1 atom stereocenters. The van der Waals surface area contributed by atoms with E-state index in [1.807, 2.05) is 0 Å². The van der Waals surface area contributed by atoms with Crippen LogP contribution < -0.4 is 10.1 Å². The second kappa shape index (κ2) is 10.5. The zero-order chi connectivity index (χ0) is 27.7. The number of hydrogen-bond donors (Lipinski definition) is 2. The Labute approximate surface area is 218 Å². The van der Waals surface area contributed by atoms with Crippen LogP contribution in [-0.4, -0.2) is 29.7 Å². The van der Waals surface area contributed by atoms with Crippen LogP contribution in [-0.2, 0) is 26.9 Å². The minimum absolute atomic E-state index is 0.112. The molecule has 0 saturated heterocycles. The van der Waals surface area contributed by atoms with E-state index in [1.165, 1.54) is 6.07 Å². The highest BCUT2D eigenvalue weighted by atomic mass is 19.4. The number of carboxylic acids is 1. The van der Waals surface area contributed by atoms with Gasteiger partial charge in [0.1, 0.15) is 5.75 Å². The maximum Gasteiger partial charge on any atom is 0.416 e. The first-order valence-corrected chi connectivity index (χ1v) is 12.1. The van der Waals surface area contributed by atoms with E-state index < -0.39 is 35.0 Å². The Morgan fingerprint density at radius 2 is 1.74 bits per heavy atom. The largest absolute Gasteiger partial charge is 0.493 e. The SMILES string of the molecule is CC(C)(C)OC(C(=O)O)c1c(C(F)(F)F)ccc(-c2ccc(NC=O)cc2)c1-c1ccc2c(c1)CCCO2. The summed E-state index contributed by atoms with van der Waals surface area (Å²) in [6, 6.07) is 13.9. The molecule has 1 amide bonds. The van der Waals surface area contributed by atoms with Crippen molar-refractivity contribution in [1.29, 1.82) is 0 Å². The molecule has 0 aromatic heterocycles. The van der Waals surface area contributed by atoms with Crippen molar-refractivity contribution in [2.75, 3.05) is 11.9 Å². The van der Waals surface area contributed by atoms with Crippen LogP contribution in [0.5, 0.6) is 5.75 Å². The van der Waals surface area contributed by atoms with E-state index in [0.717, 1.165) is 18.1 Å². The number of alkyl halides is 3. The number of aryl methyl sites for hydroxylation is 1. The van der Waals surface area contributed by atoms with Gasteiger partial charge in [0.15, 0.2) is 6.10 Å². The summed E-state index contributed by atoms with van der Waals surface area (Å²) in [7, 11) is 0. The van der Waals surface area contributed by atoms with Crippen molar-refractivity contribution < 1.29 is 37.3 Å². The fraction of sp³-hybridized carbons (Fsp3) is 0.310. The third-order valence-electron chi connectivity index (χ3n) is 6.13. The molecule has 0 fully saturated rings. The highest BCUT2D eigenvalue weighted by molar-refractivity contribution is 5.91. The number of carbonyl (C=O) groups excluding carboxylic acids is 1. The number of aliphatic carboxylic acids is 1. The second-order valence-electron chi connectivity index (χ2n) is 10.0. The molecule has 3 aromatic carbocycles.